The lowest BCUT2D eigenvalue weighted by molar-refractivity contribution is -0.479. The SMILES string of the molecule is Cc1ccc(Oc2ccc(CC[N+](=O)[O-])s2)cc1. The molecule has 0 bridgehead atoms. The monoisotopic (exact) mass is 263 g/mol. The molecule has 4 nitrogen and oxygen atoms in total. The van der Waals surface area contributed by atoms with Crippen LogP contribution < -0.4 is 4.74 Å². The Morgan fingerprint density at radius 3 is 2.61 bits per heavy atom. The minimum atomic E-state index is -0.305. The predicted molar refractivity (Wildman–Crippen MR) is 71.1 cm³/mol. The first kappa shape index (κ1) is 12.6. The van der Waals surface area contributed by atoms with Crippen molar-refractivity contribution in [3.05, 3.63) is 57.0 Å². The lowest BCUT2D eigenvalue weighted by Crippen LogP contribution is -2.02. The number of benzene rings is 1. The number of hydrogen-bond donors (Lipinski definition) is 0. The molecule has 0 saturated heterocycles. The Morgan fingerprint density at radius 1 is 1.22 bits per heavy atom. The van der Waals surface area contributed by atoms with E-state index in [0.29, 0.717) is 6.42 Å². The Morgan fingerprint density at radius 2 is 1.94 bits per heavy atom. The molecule has 1 heterocycles. The molecule has 2 rings (SSSR count). The molecule has 94 valence electrons. The molecule has 18 heavy (non-hydrogen) atoms. The summed E-state index contributed by atoms with van der Waals surface area (Å²) in [4.78, 5) is 10.9. The van der Waals surface area contributed by atoms with E-state index in [4.69, 9.17) is 4.74 Å². The highest BCUT2D eigenvalue weighted by molar-refractivity contribution is 7.13. The molecule has 0 saturated carbocycles. The topological polar surface area (TPSA) is 52.4 Å². The van der Waals surface area contributed by atoms with Crippen molar-refractivity contribution in [3.8, 4) is 10.8 Å². The van der Waals surface area contributed by atoms with Crippen LogP contribution in [0.5, 0.6) is 10.8 Å². The van der Waals surface area contributed by atoms with Crippen molar-refractivity contribution in [1.29, 1.82) is 0 Å². The molecule has 0 atom stereocenters. The largest absolute Gasteiger partial charge is 0.447 e. The van der Waals surface area contributed by atoms with Crippen molar-refractivity contribution in [1.82, 2.24) is 0 Å². The van der Waals surface area contributed by atoms with Gasteiger partial charge in [-0.3, -0.25) is 10.1 Å². The number of nitrogens with zero attached hydrogens (tertiary/aromatic N) is 1. The third kappa shape index (κ3) is 3.56. The van der Waals surface area contributed by atoms with Crippen molar-refractivity contribution in [3.63, 3.8) is 0 Å². The Bertz CT molecular complexity index is 533. The summed E-state index contributed by atoms with van der Waals surface area (Å²) >= 11 is 1.45. The molecule has 0 aliphatic rings. The van der Waals surface area contributed by atoms with E-state index in [1.165, 1.54) is 16.9 Å². The number of rotatable bonds is 5. The fraction of sp³-hybridized carbons (Fsp3) is 0.231. The first-order chi connectivity index (χ1) is 8.63. The summed E-state index contributed by atoms with van der Waals surface area (Å²) in [5, 5.41) is 11.0. The van der Waals surface area contributed by atoms with E-state index < -0.39 is 0 Å². The molecule has 1 aromatic heterocycles. The van der Waals surface area contributed by atoms with Crippen LogP contribution in [0.15, 0.2) is 36.4 Å². The molecule has 0 radical (unpaired) electrons. The van der Waals surface area contributed by atoms with Crippen LogP contribution >= 0.6 is 11.3 Å². The van der Waals surface area contributed by atoms with E-state index in [1.54, 1.807) is 0 Å². The van der Waals surface area contributed by atoms with E-state index in [0.717, 1.165) is 15.7 Å². The van der Waals surface area contributed by atoms with Gasteiger partial charge in [-0.15, -0.1) is 11.3 Å². The van der Waals surface area contributed by atoms with Crippen LogP contribution in [0.3, 0.4) is 0 Å². The van der Waals surface area contributed by atoms with Gasteiger partial charge in [-0.1, -0.05) is 17.7 Å². The maximum atomic E-state index is 10.3. The Labute approximate surface area is 109 Å². The van der Waals surface area contributed by atoms with Crippen LogP contribution in [-0.2, 0) is 6.42 Å². The van der Waals surface area contributed by atoms with Gasteiger partial charge in [0.05, 0.1) is 0 Å². The Hall–Kier alpha value is -1.88. The molecule has 5 heteroatoms. The quantitative estimate of drug-likeness (QED) is 0.611. The third-order valence-electron chi connectivity index (χ3n) is 2.42. The summed E-state index contributed by atoms with van der Waals surface area (Å²) in [6.45, 7) is 1.98. The van der Waals surface area contributed by atoms with E-state index in [9.17, 15) is 10.1 Å². The molecule has 0 aliphatic heterocycles. The first-order valence-electron chi connectivity index (χ1n) is 5.58. The van der Waals surface area contributed by atoms with Crippen LogP contribution in [0.25, 0.3) is 0 Å². The summed E-state index contributed by atoms with van der Waals surface area (Å²) in [6.07, 6.45) is 0.453. The zero-order valence-electron chi connectivity index (χ0n) is 9.96. The average molecular weight is 263 g/mol. The van der Waals surface area contributed by atoms with E-state index in [-0.39, 0.29) is 11.5 Å². The summed E-state index contributed by atoms with van der Waals surface area (Å²) in [5.41, 5.74) is 1.18. The standard InChI is InChI=1S/C13H13NO3S/c1-10-2-4-11(5-3-10)17-13-7-6-12(18-13)8-9-14(15)16/h2-7H,8-9H2,1H3. The second-order valence-electron chi connectivity index (χ2n) is 3.94. The molecular formula is C13H13NO3S. The van der Waals surface area contributed by atoms with Crippen LogP contribution in [0.4, 0.5) is 0 Å². The van der Waals surface area contributed by atoms with E-state index >= 15 is 0 Å². The number of thiophene rings is 1. The summed E-state index contributed by atoms with van der Waals surface area (Å²) in [5.74, 6) is 0.781. The van der Waals surface area contributed by atoms with Crippen molar-refractivity contribution in [2.75, 3.05) is 6.54 Å². The molecule has 0 unspecified atom stereocenters. The molecular weight excluding hydrogens is 250 g/mol. The highest BCUT2D eigenvalue weighted by Gasteiger charge is 2.05. The number of hydrogen-bond acceptors (Lipinski definition) is 4. The van der Waals surface area contributed by atoms with E-state index in [2.05, 4.69) is 0 Å². The molecule has 0 N–H and O–H groups in total. The first-order valence-corrected chi connectivity index (χ1v) is 6.40. The van der Waals surface area contributed by atoms with Crippen LogP contribution in [-0.4, -0.2) is 11.5 Å². The highest BCUT2D eigenvalue weighted by atomic mass is 32.1. The number of nitro groups is 1. The van der Waals surface area contributed by atoms with Gasteiger partial charge in [-0.05, 0) is 31.2 Å². The lowest BCUT2D eigenvalue weighted by Gasteiger charge is -2.02. The summed E-state index contributed by atoms with van der Waals surface area (Å²) in [6, 6.07) is 11.5. The Balaban J connectivity index is 1.97. The second-order valence-corrected chi connectivity index (χ2v) is 5.07. The minimum absolute atomic E-state index is 0.0372. The second kappa shape index (κ2) is 5.64. The third-order valence-corrected chi connectivity index (χ3v) is 3.44. The molecule has 0 aliphatic carbocycles. The van der Waals surface area contributed by atoms with Crippen molar-refractivity contribution in [2.24, 2.45) is 0 Å². The van der Waals surface area contributed by atoms with Crippen molar-refractivity contribution in [2.45, 2.75) is 13.3 Å². The highest BCUT2D eigenvalue weighted by Crippen LogP contribution is 2.29. The lowest BCUT2D eigenvalue weighted by atomic mass is 10.2. The average Bonchev–Trinajstić information content (AvgIpc) is 2.77. The number of aryl methyl sites for hydroxylation is 1. The van der Waals surface area contributed by atoms with Crippen LogP contribution in [0.2, 0.25) is 0 Å². The summed E-state index contributed by atoms with van der Waals surface area (Å²) in [7, 11) is 0. The normalized spacial score (nSPS) is 10.3. The molecule has 0 spiro atoms. The van der Waals surface area contributed by atoms with Gasteiger partial charge < -0.3 is 4.74 Å². The number of ether oxygens (including phenoxy) is 1. The fourth-order valence-electron chi connectivity index (χ4n) is 1.47. The van der Waals surface area contributed by atoms with E-state index in [1.807, 2.05) is 43.3 Å². The van der Waals surface area contributed by atoms with Crippen molar-refractivity contribution >= 4 is 11.3 Å². The van der Waals surface area contributed by atoms with Gasteiger partial charge >= 0.3 is 0 Å². The van der Waals surface area contributed by atoms with Gasteiger partial charge in [0.15, 0.2) is 5.06 Å². The Kier molecular flexibility index (Phi) is 3.94. The maximum absolute atomic E-state index is 10.3. The van der Waals surface area contributed by atoms with Crippen LogP contribution in [0, 0.1) is 17.0 Å². The van der Waals surface area contributed by atoms with Crippen LogP contribution in [0.1, 0.15) is 10.4 Å². The summed E-state index contributed by atoms with van der Waals surface area (Å²) < 4.78 is 5.67. The van der Waals surface area contributed by atoms with Gasteiger partial charge in [0, 0.05) is 16.2 Å². The zero-order valence-corrected chi connectivity index (χ0v) is 10.8. The molecule has 0 amide bonds. The maximum Gasteiger partial charge on any atom is 0.208 e. The molecule has 1 aromatic carbocycles. The van der Waals surface area contributed by atoms with Gasteiger partial charge in [0.2, 0.25) is 6.54 Å². The van der Waals surface area contributed by atoms with Gasteiger partial charge in [-0.2, -0.15) is 0 Å². The van der Waals surface area contributed by atoms with Crippen molar-refractivity contribution < 1.29 is 9.66 Å². The van der Waals surface area contributed by atoms with Gasteiger partial charge in [0.1, 0.15) is 5.75 Å². The molecule has 2 aromatic rings. The molecule has 0 fully saturated rings. The smallest absolute Gasteiger partial charge is 0.208 e. The predicted octanol–water partition coefficient (Wildman–Crippen LogP) is 3.67. The van der Waals surface area contributed by atoms with Gasteiger partial charge in [-0.25, -0.2) is 0 Å². The fourth-order valence-corrected chi connectivity index (χ4v) is 2.33. The zero-order chi connectivity index (χ0) is 13.0. The van der Waals surface area contributed by atoms with Gasteiger partial charge in [0.25, 0.3) is 0 Å². The minimum Gasteiger partial charge on any atom is -0.447 e.